The van der Waals surface area contributed by atoms with E-state index in [0.717, 1.165) is 6.07 Å². The van der Waals surface area contributed by atoms with E-state index in [2.05, 4.69) is 14.9 Å². The van der Waals surface area contributed by atoms with Gasteiger partial charge >= 0.3 is 12.3 Å². The predicted molar refractivity (Wildman–Crippen MR) is 49.7 cm³/mol. The Labute approximate surface area is 91.8 Å². The predicted octanol–water partition coefficient (Wildman–Crippen LogP) is 2.16. The van der Waals surface area contributed by atoms with E-state index in [4.69, 9.17) is 5.11 Å². The molecule has 1 aromatic carbocycles. The molecule has 0 spiro atoms. The van der Waals surface area contributed by atoms with Gasteiger partial charge in [0.2, 0.25) is 0 Å². The van der Waals surface area contributed by atoms with Gasteiger partial charge in [-0.05, 0) is 12.1 Å². The Hall–Kier alpha value is -2.25. The first kappa shape index (κ1) is 11.2. The van der Waals surface area contributed by atoms with Crippen LogP contribution in [0.3, 0.4) is 0 Å². The summed E-state index contributed by atoms with van der Waals surface area (Å²) in [5.41, 5.74) is -0.357. The standard InChI is InChI=1S/C9H5F3N2O3/c10-9(11,12)17-5-3-1-2-4-6(5)7(8(15)16)14-13-4/h1-3H,(H,13,14)(H,15,16). The Morgan fingerprint density at radius 2 is 2.12 bits per heavy atom. The summed E-state index contributed by atoms with van der Waals surface area (Å²) in [6.45, 7) is 0. The van der Waals surface area contributed by atoms with Crippen LogP contribution in [-0.2, 0) is 0 Å². The maximum absolute atomic E-state index is 12.1. The molecule has 90 valence electrons. The molecule has 0 fully saturated rings. The van der Waals surface area contributed by atoms with Crippen molar-refractivity contribution in [3.63, 3.8) is 0 Å². The number of H-pyrrole nitrogens is 1. The van der Waals surface area contributed by atoms with Gasteiger partial charge in [-0.15, -0.1) is 13.2 Å². The van der Waals surface area contributed by atoms with Crippen LogP contribution < -0.4 is 4.74 Å². The van der Waals surface area contributed by atoms with Crippen LogP contribution >= 0.6 is 0 Å². The van der Waals surface area contributed by atoms with E-state index in [1.165, 1.54) is 12.1 Å². The van der Waals surface area contributed by atoms with Gasteiger partial charge in [0, 0.05) is 0 Å². The average Bonchev–Trinajstić information content (AvgIpc) is 2.59. The fourth-order valence-electron chi connectivity index (χ4n) is 1.41. The highest BCUT2D eigenvalue weighted by Gasteiger charge is 2.33. The molecule has 0 aliphatic heterocycles. The third-order valence-electron chi connectivity index (χ3n) is 1.98. The number of benzene rings is 1. The third-order valence-corrected chi connectivity index (χ3v) is 1.98. The second-order valence-corrected chi connectivity index (χ2v) is 3.10. The quantitative estimate of drug-likeness (QED) is 0.851. The van der Waals surface area contributed by atoms with Crippen LogP contribution in [0.4, 0.5) is 13.2 Å². The number of hydrogen-bond donors (Lipinski definition) is 2. The van der Waals surface area contributed by atoms with E-state index in [-0.39, 0.29) is 10.9 Å². The molecular weight excluding hydrogens is 241 g/mol. The topological polar surface area (TPSA) is 75.2 Å². The number of aromatic nitrogens is 2. The molecule has 8 heteroatoms. The molecule has 5 nitrogen and oxygen atoms in total. The summed E-state index contributed by atoms with van der Waals surface area (Å²) in [6, 6.07) is 3.73. The number of fused-ring (bicyclic) bond motifs is 1. The first-order chi connectivity index (χ1) is 7.88. The Bertz CT molecular complexity index is 576. The number of hydrogen-bond acceptors (Lipinski definition) is 3. The molecule has 0 radical (unpaired) electrons. The minimum absolute atomic E-state index is 0.157. The van der Waals surface area contributed by atoms with Crippen LogP contribution in [0.1, 0.15) is 10.5 Å². The first-order valence-electron chi connectivity index (χ1n) is 4.34. The summed E-state index contributed by atoms with van der Waals surface area (Å²) in [7, 11) is 0. The molecule has 2 aromatic rings. The molecule has 17 heavy (non-hydrogen) atoms. The minimum Gasteiger partial charge on any atom is -0.476 e. The molecule has 0 saturated heterocycles. The summed E-state index contributed by atoms with van der Waals surface area (Å²) in [5, 5.41) is 14.3. The third kappa shape index (κ3) is 2.14. The molecule has 2 rings (SSSR count). The monoisotopic (exact) mass is 246 g/mol. The number of carbonyl (C=O) groups is 1. The molecule has 0 aliphatic rings. The molecule has 2 N–H and O–H groups in total. The van der Waals surface area contributed by atoms with Gasteiger partial charge in [-0.1, -0.05) is 6.07 Å². The van der Waals surface area contributed by atoms with Crippen molar-refractivity contribution in [2.75, 3.05) is 0 Å². The normalized spacial score (nSPS) is 11.7. The highest BCUT2D eigenvalue weighted by Crippen LogP contribution is 2.31. The van der Waals surface area contributed by atoms with Crippen molar-refractivity contribution in [2.24, 2.45) is 0 Å². The van der Waals surface area contributed by atoms with Crippen molar-refractivity contribution >= 4 is 16.9 Å². The highest BCUT2D eigenvalue weighted by atomic mass is 19.4. The van der Waals surface area contributed by atoms with E-state index in [9.17, 15) is 18.0 Å². The smallest absolute Gasteiger partial charge is 0.476 e. The van der Waals surface area contributed by atoms with E-state index in [1.54, 1.807) is 0 Å². The van der Waals surface area contributed by atoms with Crippen molar-refractivity contribution in [1.82, 2.24) is 10.2 Å². The zero-order chi connectivity index (χ0) is 12.6. The van der Waals surface area contributed by atoms with Crippen LogP contribution in [0, 0.1) is 0 Å². The number of aromatic amines is 1. The number of carboxylic acids is 1. The minimum atomic E-state index is -4.89. The number of nitrogens with zero attached hydrogens (tertiary/aromatic N) is 1. The molecule has 0 saturated carbocycles. The van der Waals surface area contributed by atoms with E-state index >= 15 is 0 Å². The SMILES string of the molecule is O=C(O)c1n[nH]c2cccc(OC(F)(F)F)c12. The van der Waals surface area contributed by atoms with Crippen molar-refractivity contribution in [1.29, 1.82) is 0 Å². The average molecular weight is 246 g/mol. The van der Waals surface area contributed by atoms with Crippen LogP contribution in [0.15, 0.2) is 18.2 Å². The molecule has 0 atom stereocenters. The number of aromatic carboxylic acids is 1. The number of ether oxygens (including phenoxy) is 1. The largest absolute Gasteiger partial charge is 0.573 e. The molecule has 0 amide bonds. The van der Waals surface area contributed by atoms with Crippen LogP contribution in [-0.4, -0.2) is 27.6 Å². The highest BCUT2D eigenvalue weighted by molar-refractivity contribution is 6.03. The van der Waals surface area contributed by atoms with Crippen LogP contribution in [0.5, 0.6) is 5.75 Å². The zero-order valence-electron chi connectivity index (χ0n) is 8.08. The number of nitrogens with one attached hydrogen (secondary N) is 1. The molecule has 0 unspecified atom stereocenters. The number of carboxylic acid groups (broad SMARTS) is 1. The molecular formula is C9H5F3N2O3. The van der Waals surface area contributed by atoms with Gasteiger partial charge in [0.1, 0.15) is 5.75 Å². The number of halogens is 3. The summed E-state index contributed by atoms with van der Waals surface area (Å²) in [4.78, 5) is 10.8. The molecule has 1 aromatic heterocycles. The summed E-state index contributed by atoms with van der Waals surface area (Å²) in [5.74, 6) is -2.03. The van der Waals surface area contributed by atoms with E-state index < -0.39 is 23.8 Å². The Morgan fingerprint density at radius 3 is 2.71 bits per heavy atom. The van der Waals surface area contributed by atoms with Crippen molar-refractivity contribution in [3.05, 3.63) is 23.9 Å². The lowest BCUT2D eigenvalue weighted by Crippen LogP contribution is -2.17. The second-order valence-electron chi connectivity index (χ2n) is 3.10. The van der Waals surface area contributed by atoms with Crippen molar-refractivity contribution in [2.45, 2.75) is 6.36 Å². The summed E-state index contributed by atoms with van der Waals surface area (Å²) >= 11 is 0. The van der Waals surface area contributed by atoms with Gasteiger partial charge in [-0.3, -0.25) is 5.10 Å². The molecule has 0 aliphatic carbocycles. The lowest BCUT2D eigenvalue weighted by Gasteiger charge is -2.09. The van der Waals surface area contributed by atoms with Gasteiger partial charge in [0.25, 0.3) is 0 Å². The Morgan fingerprint density at radius 1 is 1.41 bits per heavy atom. The maximum Gasteiger partial charge on any atom is 0.573 e. The molecule has 1 heterocycles. The lowest BCUT2D eigenvalue weighted by molar-refractivity contribution is -0.274. The van der Waals surface area contributed by atoms with E-state index in [1.807, 2.05) is 0 Å². The van der Waals surface area contributed by atoms with Crippen LogP contribution in [0.25, 0.3) is 10.9 Å². The molecule has 0 bridgehead atoms. The fourth-order valence-corrected chi connectivity index (χ4v) is 1.41. The van der Waals surface area contributed by atoms with Crippen LogP contribution in [0.2, 0.25) is 0 Å². The Balaban J connectivity index is 2.62. The Kier molecular flexibility index (Phi) is 2.41. The number of rotatable bonds is 2. The zero-order valence-corrected chi connectivity index (χ0v) is 8.08. The van der Waals surface area contributed by atoms with Crippen molar-refractivity contribution in [3.8, 4) is 5.75 Å². The number of alkyl halides is 3. The summed E-state index contributed by atoms with van der Waals surface area (Å²) < 4.78 is 40.1. The summed E-state index contributed by atoms with van der Waals surface area (Å²) in [6.07, 6.45) is -4.89. The maximum atomic E-state index is 12.1. The fraction of sp³-hybridized carbons (Fsp3) is 0.111. The van der Waals surface area contributed by atoms with Gasteiger partial charge in [-0.25, -0.2) is 4.79 Å². The van der Waals surface area contributed by atoms with Crippen molar-refractivity contribution < 1.29 is 27.8 Å². The second kappa shape index (κ2) is 3.65. The van der Waals surface area contributed by atoms with Gasteiger partial charge < -0.3 is 9.84 Å². The van der Waals surface area contributed by atoms with E-state index in [0.29, 0.717) is 0 Å². The van der Waals surface area contributed by atoms with Gasteiger partial charge in [0.05, 0.1) is 10.9 Å². The van der Waals surface area contributed by atoms with Gasteiger partial charge in [-0.2, -0.15) is 5.10 Å². The van der Waals surface area contributed by atoms with Gasteiger partial charge in [0.15, 0.2) is 5.69 Å². The lowest BCUT2D eigenvalue weighted by atomic mass is 10.2. The first-order valence-corrected chi connectivity index (χ1v) is 4.34.